The Morgan fingerprint density at radius 2 is 2.30 bits per heavy atom. The summed E-state index contributed by atoms with van der Waals surface area (Å²) in [6, 6.07) is 7.73. The molecule has 2 N–H and O–H groups in total. The van der Waals surface area contributed by atoms with Gasteiger partial charge < -0.3 is 5.32 Å². The van der Waals surface area contributed by atoms with Crippen molar-refractivity contribution in [3.8, 4) is 0 Å². The highest BCUT2D eigenvalue weighted by molar-refractivity contribution is 5.42. The summed E-state index contributed by atoms with van der Waals surface area (Å²) >= 11 is 0. The summed E-state index contributed by atoms with van der Waals surface area (Å²) < 4.78 is 0. The molecular weight excluding hydrogens is 292 g/mol. The summed E-state index contributed by atoms with van der Waals surface area (Å²) in [4.78, 5) is 10.7. The van der Waals surface area contributed by atoms with Gasteiger partial charge in [-0.2, -0.15) is 5.10 Å². The Hall–Kier alpha value is -2.21. The van der Waals surface area contributed by atoms with E-state index >= 15 is 0 Å². The molecule has 0 spiro atoms. The van der Waals surface area contributed by atoms with E-state index in [-0.39, 0.29) is 22.7 Å². The van der Waals surface area contributed by atoms with Crippen molar-refractivity contribution in [1.82, 2.24) is 15.5 Å². The third-order valence-corrected chi connectivity index (χ3v) is 4.41. The number of aromatic nitrogens is 2. The molecule has 23 heavy (non-hydrogen) atoms. The van der Waals surface area contributed by atoms with Gasteiger partial charge in [-0.15, -0.1) is 0 Å². The topological polar surface area (TPSA) is 83.8 Å². The van der Waals surface area contributed by atoms with Crippen LogP contribution in [0.3, 0.4) is 0 Å². The van der Waals surface area contributed by atoms with Crippen LogP contribution in [0.4, 0.5) is 5.69 Å². The van der Waals surface area contributed by atoms with Crippen molar-refractivity contribution in [2.45, 2.75) is 51.6 Å². The Labute approximate surface area is 135 Å². The van der Waals surface area contributed by atoms with E-state index in [1.54, 1.807) is 12.1 Å². The molecule has 0 amide bonds. The minimum atomic E-state index is -0.318. The van der Waals surface area contributed by atoms with Crippen molar-refractivity contribution < 1.29 is 4.92 Å². The molecule has 122 valence electrons. The third-order valence-electron chi connectivity index (χ3n) is 4.41. The van der Waals surface area contributed by atoms with Gasteiger partial charge in [0, 0.05) is 36.3 Å². The number of rotatable bonds is 5. The first-order valence-corrected chi connectivity index (χ1v) is 8.07. The first-order chi connectivity index (χ1) is 11.0. The minimum Gasteiger partial charge on any atom is -0.307 e. The van der Waals surface area contributed by atoms with Crippen molar-refractivity contribution in [3.63, 3.8) is 0 Å². The van der Waals surface area contributed by atoms with Crippen LogP contribution in [-0.4, -0.2) is 21.2 Å². The van der Waals surface area contributed by atoms with Crippen molar-refractivity contribution in [1.29, 1.82) is 0 Å². The Kier molecular flexibility index (Phi) is 4.43. The van der Waals surface area contributed by atoms with Crippen LogP contribution in [0, 0.1) is 17.0 Å². The molecule has 0 unspecified atom stereocenters. The maximum absolute atomic E-state index is 11.0. The number of hydrogen-bond donors (Lipinski definition) is 2. The van der Waals surface area contributed by atoms with Gasteiger partial charge >= 0.3 is 0 Å². The second-order valence-corrected chi connectivity index (χ2v) is 6.40. The molecule has 6 nitrogen and oxygen atoms in total. The SMILES string of the molecule is Cc1cc(C[C@H](C)N[C@H]2CCCc3ccc([N+](=O)[O-])cc32)n[nH]1. The van der Waals surface area contributed by atoms with Crippen LogP contribution >= 0.6 is 0 Å². The van der Waals surface area contributed by atoms with Gasteiger partial charge in [-0.05, 0) is 50.3 Å². The molecule has 2 aromatic rings. The van der Waals surface area contributed by atoms with E-state index in [4.69, 9.17) is 0 Å². The van der Waals surface area contributed by atoms with E-state index < -0.39 is 0 Å². The highest BCUT2D eigenvalue weighted by Crippen LogP contribution is 2.32. The lowest BCUT2D eigenvalue weighted by Crippen LogP contribution is -2.34. The van der Waals surface area contributed by atoms with Crippen molar-refractivity contribution in [2.24, 2.45) is 0 Å². The molecule has 0 aliphatic heterocycles. The number of fused-ring (bicyclic) bond motifs is 1. The van der Waals surface area contributed by atoms with Crippen LogP contribution in [0.5, 0.6) is 0 Å². The molecule has 0 saturated heterocycles. The summed E-state index contributed by atoms with van der Waals surface area (Å²) in [6.45, 7) is 4.13. The first kappa shape index (κ1) is 15.7. The van der Waals surface area contributed by atoms with E-state index in [1.807, 2.05) is 13.0 Å². The minimum absolute atomic E-state index is 0.174. The molecule has 6 heteroatoms. The molecule has 0 saturated carbocycles. The fourth-order valence-corrected chi connectivity index (χ4v) is 3.37. The number of nitro benzene ring substituents is 1. The predicted octanol–water partition coefficient (Wildman–Crippen LogP) is 3.22. The molecule has 1 aromatic heterocycles. The molecule has 1 heterocycles. The quantitative estimate of drug-likeness (QED) is 0.655. The number of hydrogen-bond acceptors (Lipinski definition) is 4. The van der Waals surface area contributed by atoms with Gasteiger partial charge in [-0.25, -0.2) is 0 Å². The molecule has 1 aromatic carbocycles. The molecule has 0 bridgehead atoms. The smallest absolute Gasteiger partial charge is 0.269 e. The average Bonchev–Trinajstić information content (AvgIpc) is 2.92. The standard InChI is InChI=1S/C17H22N4O2/c1-11(8-14-9-12(2)19-20-14)18-17-5-3-4-13-6-7-15(21(22)23)10-16(13)17/h6-7,9-11,17-18H,3-5,8H2,1-2H3,(H,19,20)/t11-,17-/m0/s1. The van der Waals surface area contributed by atoms with Gasteiger partial charge in [0.25, 0.3) is 5.69 Å². The summed E-state index contributed by atoms with van der Waals surface area (Å²) in [5, 5.41) is 21.9. The number of aryl methyl sites for hydroxylation is 2. The zero-order chi connectivity index (χ0) is 16.4. The van der Waals surface area contributed by atoms with Gasteiger partial charge in [0.1, 0.15) is 0 Å². The molecule has 1 aliphatic carbocycles. The second-order valence-electron chi connectivity index (χ2n) is 6.40. The fraction of sp³-hybridized carbons (Fsp3) is 0.471. The number of nitrogens with zero attached hydrogens (tertiary/aromatic N) is 2. The van der Waals surface area contributed by atoms with E-state index in [0.717, 1.165) is 42.6 Å². The van der Waals surface area contributed by atoms with Gasteiger partial charge in [-0.1, -0.05) is 6.07 Å². The largest absolute Gasteiger partial charge is 0.307 e. The zero-order valence-electron chi connectivity index (χ0n) is 13.5. The molecule has 0 fully saturated rings. The molecule has 2 atom stereocenters. The molecule has 3 rings (SSSR count). The summed E-state index contributed by atoms with van der Waals surface area (Å²) in [5.41, 5.74) is 4.58. The second kappa shape index (κ2) is 6.50. The van der Waals surface area contributed by atoms with Crippen LogP contribution in [0.15, 0.2) is 24.3 Å². The Morgan fingerprint density at radius 3 is 3.00 bits per heavy atom. The molecular formula is C17H22N4O2. The van der Waals surface area contributed by atoms with Crippen LogP contribution in [0.25, 0.3) is 0 Å². The molecule has 1 aliphatic rings. The van der Waals surface area contributed by atoms with Crippen molar-refractivity contribution in [2.75, 3.05) is 0 Å². The average molecular weight is 314 g/mol. The van der Waals surface area contributed by atoms with Crippen LogP contribution in [0.1, 0.15) is 48.3 Å². The third kappa shape index (κ3) is 3.59. The highest BCUT2D eigenvalue weighted by atomic mass is 16.6. The summed E-state index contributed by atoms with van der Waals surface area (Å²) in [5.74, 6) is 0. The van der Waals surface area contributed by atoms with Gasteiger partial charge in [0.15, 0.2) is 0 Å². The predicted molar refractivity (Wildman–Crippen MR) is 88.4 cm³/mol. The number of non-ortho nitro benzene ring substituents is 1. The Bertz CT molecular complexity index is 710. The van der Waals surface area contributed by atoms with Crippen molar-refractivity contribution in [3.05, 3.63) is 56.9 Å². The Balaban J connectivity index is 1.74. The lowest BCUT2D eigenvalue weighted by Gasteiger charge is -2.29. The maximum Gasteiger partial charge on any atom is 0.269 e. The Morgan fingerprint density at radius 1 is 1.48 bits per heavy atom. The maximum atomic E-state index is 11.0. The van der Waals surface area contributed by atoms with Crippen molar-refractivity contribution >= 4 is 5.69 Å². The summed E-state index contributed by atoms with van der Waals surface area (Å²) in [7, 11) is 0. The number of nitro groups is 1. The number of benzene rings is 1. The number of nitrogens with one attached hydrogen (secondary N) is 2. The van der Waals surface area contributed by atoms with Gasteiger partial charge in [0.05, 0.1) is 10.6 Å². The van der Waals surface area contributed by atoms with Gasteiger partial charge in [0.2, 0.25) is 0 Å². The van der Waals surface area contributed by atoms with E-state index in [1.165, 1.54) is 5.56 Å². The highest BCUT2D eigenvalue weighted by Gasteiger charge is 2.24. The number of H-pyrrole nitrogens is 1. The lowest BCUT2D eigenvalue weighted by molar-refractivity contribution is -0.385. The van der Waals surface area contributed by atoms with Crippen LogP contribution in [0.2, 0.25) is 0 Å². The van der Waals surface area contributed by atoms with E-state index in [0.29, 0.717) is 0 Å². The fourth-order valence-electron chi connectivity index (χ4n) is 3.37. The number of aromatic amines is 1. The van der Waals surface area contributed by atoms with E-state index in [2.05, 4.69) is 28.5 Å². The summed E-state index contributed by atoms with van der Waals surface area (Å²) in [6.07, 6.45) is 3.96. The monoisotopic (exact) mass is 314 g/mol. The van der Waals surface area contributed by atoms with Crippen LogP contribution in [-0.2, 0) is 12.8 Å². The normalized spacial score (nSPS) is 18.4. The van der Waals surface area contributed by atoms with E-state index in [9.17, 15) is 10.1 Å². The van der Waals surface area contributed by atoms with Gasteiger partial charge in [-0.3, -0.25) is 15.2 Å². The van der Waals surface area contributed by atoms with Crippen LogP contribution < -0.4 is 5.32 Å². The first-order valence-electron chi connectivity index (χ1n) is 8.07. The molecule has 0 radical (unpaired) electrons. The lowest BCUT2D eigenvalue weighted by atomic mass is 9.87. The zero-order valence-corrected chi connectivity index (χ0v) is 13.5.